The number of benzene rings is 5. The average molecular weight is 503 g/mol. The molecule has 0 amide bonds. The van der Waals surface area contributed by atoms with Crippen LogP contribution in [0.15, 0.2) is 146 Å². The molecule has 5 aromatic rings. The summed E-state index contributed by atoms with van der Waals surface area (Å²) in [6.07, 6.45) is 15.8. The highest BCUT2D eigenvalue weighted by molar-refractivity contribution is 6.11. The highest BCUT2D eigenvalue weighted by Gasteiger charge is 2.08. The van der Waals surface area contributed by atoms with Crippen LogP contribution in [-0.4, -0.2) is 0 Å². The first-order valence-electron chi connectivity index (χ1n) is 13.7. The second kappa shape index (κ2) is 12.2. The number of hydrogen-bond donors (Lipinski definition) is 0. The van der Waals surface area contributed by atoms with E-state index in [2.05, 4.69) is 147 Å². The van der Waals surface area contributed by atoms with E-state index in [1.165, 1.54) is 54.9 Å². The molecule has 5 aromatic carbocycles. The van der Waals surface area contributed by atoms with Crippen molar-refractivity contribution in [2.75, 3.05) is 0 Å². The van der Waals surface area contributed by atoms with Crippen LogP contribution in [0.3, 0.4) is 0 Å². The third-order valence-corrected chi connectivity index (χ3v) is 7.23. The van der Waals surface area contributed by atoms with Crippen LogP contribution < -0.4 is 0 Å². The second-order valence-electron chi connectivity index (χ2n) is 9.65. The predicted molar refractivity (Wildman–Crippen MR) is 174 cm³/mol. The van der Waals surface area contributed by atoms with Crippen LogP contribution in [0.25, 0.3) is 49.9 Å². The van der Waals surface area contributed by atoms with E-state index in [1.54, 1.807) is 0 Å². The normalized spacial score (nSPS) is 12.7. The average Bonchev–Trinajstić information content (AvgIpc) is 3.00. The van der Waals surface area contributed by atoms with E-state index in [-0.39, 0.29) is 0 Å². The van der Waals surface area contributed by atoms with Gasteiger partial charge in [0.15, 0.2) is 0 Å². The Morgan fingerprint density at radius 1 is 0.667 bits per heavy atom. The number of allylic oxidation sites excluding steroid dienone is 8. The molecule has 0 saturated carbocycles. The van der Waals surface area contributed by atoms with Gasteiger partial charge in [-0.3, -0.25) is 0 Å². The summed E-state index contributed by atoms with van der Waals surface area (Å²) in [6, 6.07) is 37.1. The van der Waals surface area contributed by atoms with Crippen LogP contribution in [0.5, 0.6) is 0 Å². The van der Waals surface area contributed by atoms with E-state index >= 15 is 0 Å². The molecule has 0 bridgehead atoms. The van der Waals surface area contributed by atoms with Gasteiger partial charge in [-0.05, 0) is 86.0 Å². The van der Waals surface area contributed by atoms with Crippen molar-refractivity contribution in [1.29, 1.82) is 0 Å². The third-order valence-electron chi connectivity index (χ3n) is 7.23. The van der Waals surface area contributed by atoms with Crippen molar-refractivity contribution in [2.24, 2.45) is 0 Å². The lowest BCUT2D eigenvalue weighted by Gasteiger charge is -2.11. The van der Waals surface area contributed by atoms with Crippen molar-refractivity contribution in [3.8, 4) is 11.1 Å². The Labute approximate surface area is 232 Å². The lowest BCUT2D eigenvalue weighted by atomic mass is 9.93. The summed E-state index contributed by atoms with van der Waals surface area (Å²) in [5, 5.41) is 5.11. The van der Waals surface area contributed by atoms with Crippen LogP contribution in [0.1, 0.15) is 37.0 Å². The maximum absolute atomic E-state index is 4.10. The van der Waals surface area contributed by atoms with Crippen LogP contribution in [0.2, 0.25) is 0 Å². The largest absolute Gasteiger partial charge is 0.0984 e. The molecular formula is C39H34. The van der Waals surface area contributed by atoms with Gasteiger partial charge in [0.25, 0.3) is 0 Å². The summed E-state index contributed by atoms with van der Waals surface area (Å²) in [5.74, 6) is 0. The van der Waals surface area contributed by atoms with Gasteiger partial charge in [-0.1, -0.05) is 147 Å². The Bertz CT molecular complexity index is 1720. The lowest BCUT2D eigenvalue weighted by molar-refractivity contribution is 1.24. The van der Waals surface area contributed by atoms with Crippen LogP contribution in [0.4, 0.5) is 0 Å². The Balaban J connectivity index is 1.51. The number of rotatable bonds is 8. The van der Waals surface area contributed by atoms with E-state index in [9.17, 15) is 0 Å². The van der Waals surface area contributed by atoms with Gasteiger partial charge in [0.05, 0.1) is 0 Å². The zero-order valence-electron chi connectivity index (χ0n) is 22.8. The lowest BCUT2D eigenvalue weighted by Crippen LogP contribution is -1.87. The fourth-order valence-corrected chi connectivity index (χ4v) is 5.13. The van der Waals surface area contributed by atoms with Gasteiger partial charge in [0.2, 0.25) is 0 Å². The van der Waals surface area contributed by atoms with Crippen molar-refractivity contribution in [3.63, 3.8) is 0 Å². The van der Waals surface area contributed by atoms with Crippen LogP contribution >= 0.6 is 0 Å². The molecule has 0 aromatic heterocycles. The molecule has 0 unspecified atom stereocenters. The van der Waals surface area contributed by atoms with Crippen molar-refractivity contribution in [1.82, 2.24) is 0 Å². The van der Waals surface area contributed by atoms with Gasteiger partial charge in [-0.15, -0.1) is 0 Å². The molecule has 0 spiro atoms. The molecule has 0 saturated heterocycles. The zero-order chi connectivity index (χ0) is 27.0. The fourth-order valence-electron chi connectivity index (χ4n) is 5.13. The first-order valence-corrected chi connectivity index (χ1v) is 13.7. The SMILES string of the molecule is C=C/C(=C\C=C(/CC)c1ccc2c(c1)cc(/C=C\C=C/C)c1ccccc12)c1ccc(-c2ccccc2)cc1. The molecule has 0 heterocycles. The van der Waals surface area contributed by atoms with Crippen molar-refractivity contribution in [2.45, 2.75) is 20.3 Å². The highest BCUT2D eigenvalue weighted by atomic mass is 14.1. The molecule has 190 valence electrons. The predicted octanol–water partition coefficient (Wildman–Crippen LogP) is 11.3. The summed E-state index contributed by atoms with van der Waals surface area (Å²) in [7, 11) is 0. The minimum absolute atomic E-state index is 0.945. The van der Waals surface area contributed by atoms with Gasteiger partial charge in [0.1, 0.15) is 0 Å². The third kappa shape index (κ3) is 5.76. The summed E-state index contributed by atoms with van der Waals surface area (Å²) in [5.41, 5.74) is 8.52. The maximum atomic E-state index is 4.10. The van der Waals surface area contributed by atoms with Gasteiger partial charge in [-0.25, -0.2) is 0 Å². The summed E-state index contributed by atoms with van der Waals surface area (Å²) in [6.45, 7) is 8.36. The Hall–Kier alpha value is -4.68. The maximum Gasteiger partial charge on any atom is -0.00994 e. The van der Waals surface area contributed by atoms with Crippen molar-refractivity contribution < 1.29 is 0 Å². The molecule has 0 aliphatic rings. The molecule has 0 radical (unpaired) electrons. The zero-order valence-corrected chi connectivity index (χ0v) is 22.8. The van der Waals surface area contributed by atoms with Crippen molar-refractivity contribution >= 4 is 38.8 Å². The Morgan fingerprint density at radius 2 is 1.36 bits per heavy atom. The van der Waals surface area contributed by atoms with Gasteiger partial charge in [-0.2, -0.15) is 0 Å². The number of hydrogen-bond acceptors (Lipinski definition) is 0. The molecule has 0 nitrogen and oxygen atoms in total. The smallest absolute Gasteiger partial charge is 0.00994 e. The topological polar surface area (TPSA) is 0 Å². The fraction of sp³-hybridized carbons (Fsp3) is 0.0769. The van der Waals surface area contributed by atoms with E-state index < -0.39 is 0 Å². The monoisotopic (exact) mass is 502 g/mol. The van der Waals surface area contributed by atoms with E-state index in [0.717, 1.165) is 12.0 Å². The van der Waals surface area contributed by atoms with Gasteiger partial charge in [0, 0.05) is 0 Å². The van der Waals surface area contributed by atoms with E-state index in [1.807, 2.05) is 19.1 Å². The highest BCUT2D eigenvalue weighted by Crippen LogP contribution is 2.32. The second-order valence-corrected chi connectivity index (χ2v) is 9.65. The summed E-state index contributed by atoms with van der Waals surface area (Å²) < 4.78 is 0. The Kier molecular flexibility index (Phi) is 8.15. The molecule has 0 fully saturated rings. The van der Waals surface area contributed by atoms with Gasteiger partial charge >= 0.3 is 0 Å². The minimum atomic E-state index is 0.945. The Morgan fingerprint density at radius 3 is 2.08 bits per heavy atom. The van der Waals surface area contributed by atoms with Gasteiger partial charge < -0.3 is 0 Å². The molecule has 0 atom stereocenters. The molecule has 0 heteroatoms. The van der Waals surface area contributed by atoms with E-state index in [0.29, 0.717) is 0 Å². The summed E-state index contributed by atoms with van der Waals surface area (Å²) in [4.78, 5) is 0. The van der Waals surface area contributed by atoms with Crippen molar-refractivity contribution in [3.05, 3.63) is 163 Å². The number of fused-ring (bicyclic) bond motifs is 3. The minimum Gasteiger partial charge on any atom is -0.0984 e. The summed E-state index contributed by atoms with van der Waals surface area (Å²) >= 11 is 0. The first kappa shape index (κ1) is 25.9. The first-order chi connectivity index (χ1) is 19.2. The standard InChI is InChI=1S/C39H34/c1-4-7-9-16-35-28-36-27-34(25-26-38(36)39-18-13-12-17-37(35)39)30(6-3)20-19-29(5-2)32-21-23-33(24-22-32)31-14-10-8-11-15-31/h4-5,7-28H,2,6H2,1,3H3/b7-4-,16-9-,29-19+,30-20+. The molecule has 0 aliphatic carbocycles. The molecule has 5 rings (SSSR count). The molecular weight excluding hydrogens is 468 g/mol. The quantitative estimate of drug-likeness (QED) is 0.146. The molecule has 0 aliphatic heterocycles. The molecule has 0 N–H and O–H groups in total. The molecule has 39 heavy (non-hydrogen) atoms. The van der Waals surface area contributed by atoms with Crippen LogP contribution in [0, 0.1) is 0 Å². The van der Waals surface area contributed by atoms with Crippen LogP contribution in [-0.2, 0) is 0 Å². The van der Waals surface area contributed by atoms with E-state index in [4.69, 9.17) is 0 Å².